The highest BCUT2D eigenvalue weighted by Gasteiger charge is 2.33. The predicted octanol–water partition coefficient (Wildman–Crippen LogP) is 6.32. The fraction of sp³-hybridized carbons (Fsp3) is 0.310. The lowest BCUT2D eigenvalue weighted by Gasteiger charge is -2.24. The van der Waals surface area contributed by atoms with Crippen molar-refractivity contribution in [2.24, 2.45) is 0 Å². The number of halogens is 1. The summed E-state index contributed by atoms with van der Waals surface area (Å²) in [7, 11) is 0. The van der Waals surface area contributed by atoms with E-state index >= 15 is 0 Å². The predicted molar refractivity (Wildman–Crippen MR) is 133 cm³/mol. The topological polar surface area (TPSA) is 66.8 Å². The van der Waals surface area contributed by atoms with Crippen molar-refractivity contribution in [2.45, 2.75) is 51.1 Å². The van der Waals surface area contributed by atoms with Crippen LogP contribution in [0, 0.1) is 5.82 Å². The van der Waals surface area contributed by atoms with Gasteiger partial charge in [0.05, 0.1) is 7.98 Å². The highest BCUT2D eigenvalue weighted by Crippen LogP contribution is 2.32. The molecule has 0 heterocycles. The second-order valence-electron chi connectivity index (χ2n) is 8.68. The number of hydrogen-bond acceptors (Lipinski definition) is 3. The van der Waals surface area contributed by atoms with Crippen LogP contribution in [0.5, 0.6) is 5.75 Å². The average Bonchev–Trinajstić information content (AvgIpc) is 3.63. The molecule has 3 aromatic carbocycles. The van der Waals surface area contributed by atoms with Gasteiger partial charge in [-0.05, 0) is 61.9 Å². The van der Waals surface area contributed by atoms with E-state index in [-0.39, 0.29) is 24.7 Å². The number of unbranched alkanes of at least 4 members (excludes halogenated alkanes) is 2. The van der Waals surface area contributed by atoms with Crippen LogP contribution in [0.15, 0.2) is 72.8 Å². The summed E-state index contributed by atoms with van der Waals surface area (Å²) in [6.07, 6.45) is 3.48. The Morgan fingerprint density at radius 1 is 0.971 bits per heavy atom. The van der Waals surface area contributed by atoms with Crippen molar-refractivity contribution in [3.63, 3.8) is 0 Å². The molecule has 1 N–H and O–H groups in total. The lowest BCUT2D eigenvalue weighted by molar-refractivity contribution is -0.137. The van der Waals surface area contributed by atoms with Gasteiger partial charge in [-0.25, -0.2) is 4.39 Å². The molecule has 0 bridgehead atoms. The number of rotatable bonds is 12. The van der Waals surface area contributed by atoms with Crippen molar-refractivity contribution in [1.82, 2.24) is 4.90 Å². The summed E-state index contributed by atoms with van der Waals surface area (Å²) >= 11 is 0. The Bertz CT molecular complexity index is 1210. The Morgan fingerprint density at radius 3 is 2.40 bits per heavy atom. The van der Waals surface area contributed by atoms with E-state index in [4.69, 9.17) is 11.2 Å². The molecular weight excluding hydrogens is 445 g/mol. The summed E-state index contributed by atoms with van der Waals surface area (Å²) in [5.74, 6) is -0.698. The third-order valence-electron chi connectivity index (χ3n) is 6.01. The molecule has 5 nitrogen and oxygen atoms in total. The number of ether oxygens (including phenoxy) is 1. The van der Waals surface area contributed by atoms with E-state index in [0.29, 0.717) is 48.3 Å². The van der Waals surface area contributed by atoms with Gasteiger partial charge in [-0.15, -0.1) is 0 Å². The van der Waals surface area contributed by atoms with Gasteiger partial charge in [0.25, 0.3) is 5.91 Å². The lowest BCUT2D eigenvalue weighted by atomic mass is 10.0. The molecule has 1 saturated carbocycles. The van der Waals surface area contributed by atoms with E-state index in [2.05, 4.69) is 0 Å². The fourth-order valence-corrected chi connectivity index (χ4v) is 3.98. The summed E-state index contributed by atoms with van der Waals surface area (Å²) < 4.78 is 28.8. The molecule has 6 heteroatoms. The van der Waals surface area contributed by atoms with Crippen LogP contribution in [0.3, 0.4) is 0 Å². The second-order valence-corrected chi connectivity index (χ2v) is 8.68. The van der Waals surface area contributed by atoms with Gasteiger partial charge in [-0.1, -0.05) is 48.5 Å². The average molecular weight is 477 g/mol. The van der Waals surface area contributed by atoms with Crippen molar-refractivity contribution in [2.75, 3.05) is 6.61 Å². The van der Waals surface area contributed by atoms with Gasteiger partial charge in [0, 0.05) is 35.7 Å². The number of hydrogen-bond donors (Lipinski definition) is 1. The molecule has 3 aromatic rings. The maximum Gasteiger partial charge on any atom is 0.303 e. The highest BCUT2D eigenvalue weighted by atomic mass is 19.1. The number of carbonyl (C=O) groups is 2. The van der Waals surface area contributed by atoms with Gasteiger partial charge >= 0.3 is 5.97 Å². The van der Waals surface area contributed by atoms with Crippen LogP contribution in [-0.4, -0.2) is 34.5 Å². The molecule has 0 saturated heterocycles. The Labute approximate surface area is 206 Å². The van der Waals surface area contributed by atoms with E-state index in [1.165, 1.54) is 6.07 Å². The molecular formula is C29H30FNO4. The van der Waals surface area contributed by atoms with Crippen LogP contribution in [0.1, 0.15) is 55.8 Å². The number of carboxylic acid groups (broad SMARTS) is 1. The molecule has 182 valence electrons. The van der Waals surface area contributed by atoms with Gasteiger partial charge in [0.15, 0.2) is 0 Å². The van der Waals surface area contributed by atoms with Crippen LogP contribution < -0.4 is 4.74 Å². The summed E-state index contributed by atoms with van der Waals surface area (Å²) in [6.45, 7) is 0.695. The third-order valence-corrected chi connectivity index (χ3v) is 6.01. The Balaban J connectivity index is 1.45. The molecule has 35 heavy (non-hydrogen) atoms. The van der Waals surface area contributed by atoms with Crippen molar-refractivity contribution in [3.8, 4) is 16.9 Å². The zero-order valence-corrected chi connectivity index (χ0v) is 19.6. The molecule has 1 fully saturated rings. The molecule has 0 spiro atoms. The number of para-hydroxylation sites is 1. The van der Waals surface area contributed by atoms with Gasteiger partial charge in [-0.2, -0.15) is 0 Å². The van der Waals surface area contributed by atoms with Crippen LogP contribution >= 0.6 is 0 Å². The summed E-state index contributed by atoms with van der Waals surface area (Å²) in [5.41, 5.74) is 2.43. The molecule has 0 aliphatic heterocycles. The fourth-order valence-electron chi connectivity index (χ4n) is 3.98. The minimum Gasteiger partial charge on any atom is -0.493 e. The number of nitrogens with zero attached hydrogens (tertiary/aromatic N) is 1. The molecule has 0 atom stereocenters. The monoisotopic (exact) mass is 476 g/mol. The molecule has 1 amide bonds. The quantitative estimate of drug-likeness (QED) is 0.311. The van der Waals surface area contributed by atoms with Gasteiger partial charge in [0.2, 0.25) is 0 Å². The van der Waals surface area contributed by atoms with Crippen LogP contribution in [-0.2, 0) is 11.3 Å². The van der Waals surface area contributed by atoms with E-state index in [0.717, 1.165) is 18.4 Å². The van der Waals surface area contributed by atoms with Crippen molar-refractivity contribution in [3.05, 3.63) is 89.7 Å². The van der Waals surface area contributed by atoms with E-state index in [1.54, 1.807) is 47.4 Å². The lowest BCUT2D eigenvalue weighted by Crippen LogP contribution is -2.32. The van der Waals surface area contributed by atoms with Crippen LogP contribution in [0.4, 0.5) is 4.39 Å². The smallest absolute Gasteiger partial charge is 0.303 e. The zero-order valence-electron chi connectivity index (χ0n) is 20.6. The standard InChI is InChI=1S/C29H30FNO4/c30-26-10-5-4-9-25(26)21-13-15-22(16-14-21)29(34)31(24-17-18-24)20-23-8-3-6-11-27(23)35-19-7-1-2-12-28(32)33/h3-6,8-11,13-16,24H,1-2,7,12,17-20H2,(H,32,33)/i24D. The number of amides is 1. The Hall–Kier alpha value is -3.67. The van der Waals surface area contributed by atoms with Crippen LogP contribution in [0.25, 0.3) is 11.1 Å². The maximum atomic E-state index is 14.2. The minimum absolute atomic E-state index is 0.153. The first kappa shape index (κ1) is 23.1. The molecule has 4 rings (SSSR count). The Kier molecular flexibility index (Phi) is 7.68. The summed E-state index contributed by atoms with van der Waals surface area (Å²) in [5, 5.41) is 8.75. The van der Waals surface area contributed by atoms with Crippen molar-refractivity contribution >= 4 is 11.9 Å². The second kappa shape index (κ2) is 11.6. The minimum atomic E-state index is -0.953. The first-order chi connectivity index (χ1) is 17.4. The SMILES string of the molecule is [2H]C1(N(Cc2ccccc2OCCCCCC(=O)O)C(=O)c2ccc(-c3ccccc3F)cc2)CC1. The normalized spacial score (nSPS) is 14.1. The zero-order chi connectivity index (χ0) is 25.5. The van der Waals surface area contributed by atoms with E-state index in [9.17, 15) is 14.0 Å². The molecule has 0 aromatic heterocycles. The number of benzene rings is 3. The van der Waals surface area contributed by atoms with Gasteiger partial charge < -0.3 is 14.7 Å². The van der Waals surface area contributed by atoms with E-state index < -0.39 is 12.0 Å². The molecule has 0 unspecified atom stereocenters. The van der Waals surface area contributed by atoms with Crippen molar-refractivity contribution < 1.29 is 25.2 Å². The first-order valence-corrected chi connectivity index (χ1v) is 12.0. The molecule has 1 aliphatic rings. The van der Waals surface area contributed by atoms with Crippen molar-refractivity contribution in [1.29, 1.82) is 0 Å². The van der Waals surface area contributed by atoms with Gasteiger partial charge in [-0.3, -0.25) is 9.59 Å². The maximum absolute atomic E-state index is 14.2. The number of aliphatic carboxylic acids is 1. The molecule has 0 radical (unpaired) electrons. The Morgan fingerprint density at radius 2 is 1.69 bits per heavy atom. The number of carbonyl (C=O) groups excluding carboxylic acids is 1. The summed E-state index contributed by atoms with van der Waals surface area (Å²) in [6, 6.07) is 19.9. The first-order valence-electron chi connectivity index (χ1n) is 12.5. The highest BCUT2D eigenvalue weighted by molar-refractivity contribution is 5.95. The molecule has 1 aliphatic carbocycles. The third kappa shape index (κ3) is 6.69. The van der Waals surface area contributed by atoms with E-state index in [1.807, 2.05) is 24.3 Å². The van der Waals surface area contributed by atoms with Crippen LogP contribution in [0.2, 0.25) is 0 Å². The van der Waals surface area contributed by atoms with Gasteiger partial charge in [0.1, 0.15) is 11.6 Å². The largest absolute Gasteiger partial charge is 0.493 e. The summed E-state index contributed by atoms with van der Waals surface area (Å²) in [4.78, 5) is 25.7. The number of carboxylic acids is 1.